The van der Waals surface area contributed by atoms with Crippen LogP contribution in [-0.2, 0) is 23.6 Å². The number of fused-ring (bicyclic) bond motifs is 1. The van der Waals surface area contributed by atoms with Gasteiger partial charge in [0.25, 0.3) is 0 Å². The summed E-state index contributed by atoms with van der Waals surface area (Å²) in [6, 6.07) is 0. The van der Waals surface area contributed by atoms with Crippen molar-refractivity contribution in [2.24, 2.45) is 11.8 Å². The molecule has 0 bridgehead atoms. The second kappa shape index (κ2) is 5.83. The van der Waals surface area contributed by atoms with Gasteiger partial charge in [-0.1, -0.05) is 0 Å². The average molecular weight is 455 g/mol. The molecule has 2 aliphatic heterocycles. The summed E-state index contributed by atoms with van der Waals surface area (Å²) in [7, 11) is -0.517. The standard InChI is InChI=1S/C15H20BO5.3CH3.Sn/c1-8-6-9-11(13(18)19-12(9)17)10(7-8)16-20-14(2,3)15(4,5)21-16;;;;/h9-11H,6H2,1-5H3;3*1H3;/t9-,10+,11-;;;;/m0..../s1. The van der Waals surface area contributed by atoms with Gasteiger partial charge in [0.05, 0.1) is 0 Å². The maximum atomic E-state index is 12.5. The van der Waals surface area contributed by atoms with E-state index in [1.165, 1.54) is 9.16 Å². The zero-order chi connectivity index (χ0) is 18.9. The van der Waals surface area contributed by atoms with Crippen LogP contribution >= 0.6 is 0 Å². The summed E-state index contributed by atoms with van der Waals surface area (Å²) in [5, 5.41) is 0. The van der Waals surface area contributed by atoms with Crippen LogP contribution in [0.25, 0.3) is 0 Å². The fraction of sp³-hybridized carbons (Fsp3) is 0.778. The van der Waals surface area contributed by atoms with Crippen LogP contribution < -0.4 is 0 Å². The van der Waals surface area contributed by atoms with Gasteiger partial charge in [-0.2, -0.15) is 0 Å². The van der Waals surface area contributed by atoms with Gasteiger partial charge in [-0.15, -0.1) is 0 Å². The third-order valence-electron chi connectivity index (χ3n) is 6.29. The summed E-state index contributed by atoms with van der Waals surface area (Å²) >= 11 is -2.57. The molecule has 138 valence electrons. The molecule has 7 heteroatoms. The molecule has 0 saturated carbocycles. The van der Waals surface area contributed by atoms with Crippen LogP contribution in [0.5, 0.6) is 0 Å². The van der Waals surface area contributed by atoms with Crippen LogP contribution in [0.2, 0.25) is 20.6 Å². The minimum absolute atomic E-state index is 0.213. The van der Waals surface area contributed by atoms with Gasteiger partial charge in [0.15, 0.2) is 0 Å². The van der Waals surface area contributed by atoms with E-state index in [1.807, 2.05) is 27.7 Å². The number of carbonyl (C=O) groups is 2. The zero-order valence-electron chi connectivity index (χ0n) is 16.6. The van der Waals surface area contributed by atoms with Crippen molar-refractivity contribution in [1.82, 2.24) is 0 Å². The number of ether oxygens (including phenoxy) is 1. The van der Waals surface area contributed by atoms with Crippen molar-refractivity contribution in [3.63, 3.8) is 0 Å². The van der Waals surface area contributed by atoms with Crippen LogP contribution in [-0.4, -0.2) is 48.6 Å². The molecule has 2 heterocycles. The Balaban J connectivity index is 2.10. The van der Waals surface area contributed by atoms with Gasteiger partial charge in [0, 0.05) is 0 Å². The summed E-state index contributed by atoms with van der Waals surface area (Å²) in [5.41, 5.74) is 0.295. The van der Waals surface area contributed by atoms with Crippen LogP contribution in [0, 0.1) is 11.8 Å². The van der Waals surface area contributed by atoms with Gasteiger partial charge >= 0.3 is 155 Å². The first-order chi connectivity index (χ1) is 11.3. The van der Waals surface area contributed by atoms with Crippen molar-refractivity contribution in [2.45, 2.75) is 72.9 Å². The Labute approximate surface area is 154 Å². The molecule has 5 nitrogen and oxygen atoms in total. The Kier molecular flexibility index (Phi) is 4.53. The third-order valence-corrected chi connectivity index (χ3v) is 13.1. The van der Waals surface area contributed by atoms with E-state index < -0.39 is 54.5 Å². The second-order valence-corrected chi connectivity index (χ2v) is 24.1. The Bertz CT molecular complexity index is 645. The summed E-state index contributed by atoms with van der Waals surface area (Å²) in [6.07, 6.45) is 0.620. The molecule has 0 radical (unpaired) electrons. The Morgan fingerprint density at radius 3 is 2.00 bits per heavy atom. The van der Waals surface area contributed by atoms with Crippen molar-refractivity contribution >= 4 is 37.4 Å². The maximum absolute atomic E-state index is 12.5. The fourth-order valence-corrected chi connectivity index (χ4v) is 12.2. The molecule has 0 aromatic carbocycles. The average Bonchev–Trinajstić information content (AvgIpc) is 2.80. The monoisotopic (exact) mass is 456 g/mol. The van der Waals surface area contributed by atoms with E-state index in [9.17, 15) is 9.59 Å². The van der Waals surface area contributed by atoms with E-state index >= 15 is 0 Å². The number of carbonyl (C=O) groups excluding carboxylic acids is 2. The van der Waals surface area contributed by atoms with Crippen LogP contribution in [0.4, 0.5) is 0 Å². The topological polar surface area (TPSA) is 61.8 Å². The number of hydrogen-bond donors (Lipinski definition) is 0. The van der Waals surface area contributed by atoms with Crippen molar-refractivity contribution in [3.8, 4) is 0 Å². The van der Waals surface area contributed by atoms with Gasteiger partial charge in [-0.05, 0) is 0 Å². The Morgan fingerprint density at radius 1 is 1.00 bits per heavy atom. The first-order valence-corrected chi connectivity index (χ1v) is 19.1. The molecule has 0 aromatic heterocycles. The summed E-state index contributed by atoms with van der Waals surface area (Å²) in [4.78, 5) is 31.8. The van der Waals surface area contributed by atoms with Crippen molar-refractivity contribution in [2.75, 3.05) is 0 Å². The van der Waals surface area contributed by atoms with Crippen molar-refractivity contribution < 1.29 is 23.6 Å². The molecule has 25 heavy (non-hydrogen) atoms. The van der Waals surface area contributed by atoms with Gasteiger partial charge in [-0.25, -0.2) is 0 Å². The van der Waals surface area contributed by atoms with Gasteiger partial charge < -0.3 is 0 Å². The van der Waals surface area contributed by atoms with Crippen LogP contribution in [0.3, 0.4) is 0 Å². The van der Waals surface area contributed by atoms with E-state index in [0.29, 0.717) is 6.42 Å². The van der Waals surface area contributed by atoms with E-state index in [0.717, 1.165) is 0 Å². The second-order valence-electron chi connectivity index (χ2n) is 9.67. The third kappa shape index (κ3) is 3.02. The SMILES string of the molecule is CC1=[C]([Sn]([CH3])([CH3])[CH3])[C@@H](B2OC(C)(C)C(C)(C)O2)[C@H]2C(=O)OC(=O)[C@H]2C1. The molecule has 3 atom stereocenters. The van der Waals surface area contributed by atoms with Crippen molar-refractivity contribution in [3.05, 3.63) is 9.16 Å². The predicted octanol–water partition coefficient (Wildman–Crippen LogP) is 3.36. The molecular formula is C18H29BO5Sn. The molecular weight excluding hydrogens is 426 g/mol. The number of cyclic esters (lactones) is 2. The number of hydrogen-bond acceptors (Lipinski definition) is 5. The first-order valence-electron chi connectivity index (χ1n) is 9.07. The van der Waals surface area contributed by atoms with E-state index in [1.54, 1.807) is 0 Å². The molecule has 0 unspecified atom stereocenters. The van der Waals surface area contributed by atoms with Gasteiger partial charge in [-0.3, -0.25) is 0 Å². The molecule has 3 aliphatic rings. The van der Waals surface area contributed by atoms with E-state index in [2.05, 4.69) is 21.7 Å². The van der Waals surface area contributed by atoms with Crippen LogP contribution in [0.1, 0.15) is 41.0 Å². The number of allylic oxidation sites excluding steroid dienone is 2. The van der Waals surface area contributed by atoms with Gasteiger partial charge in [0.1, 0.15) is 0 Å². The fourth-order valence-electron chi connectivity index (χ4n) is 4.55. The molecule has 0 N–H and O–H groups in total. The van der Waals surface area contributed by atoms with E-state index in [-0.39, 0.29) is 11.8 Å². The molecule has 2 saturated heterocycles. The molecule has 3 rings (SSSR count). The molecule has 0 amide bonds. The predicted molar refractivity (Wildman–Crippen MR) is 98.6 cm³/mol. The summed E-state index contributed by atoms with van der Waals surface area (Å²) in [5.74, 6) is -1.88. The van der Waals surface area contributed by atoms with E-state index in [4.69, 9.17) is 14.0 Å². The number of rotatable bonds is 2. The minimum atomic E-state index is -2.57. The summed E-state index contributed by atoms with van der Waals surface area (Å²) in [6.45, 7) is 10.2. The normalized spacial score (nSPS) is 34.4. The van der Waals surface area contributed by atoms with Crippen molar-refractivity contribution in [1.29, 1.82) is 0 Å². The van der Waals surface area contributed by atoms with Gasteiger partial charge in [0.2, 0.25) is 0 Å². The number of esters is 2. The van der Waals surface area contributed by atoms with Crippen LogP contribution in [0.15, 0.2) is 9.16 Å². The molecule has 0 spiro atoms. The molecule has 2 fully saturated rings. The zero-order valence-corrected chi connectivity index (χ0v) is 19.4. The quantitative estimate of drug-likeness (QED) is 0.364. The molecule has 0 aromatic rings. The Hall–Kier alpha value is -0.336. The summed E-state index contributed by atoms with van der Waals surface area (Å²) < 4.78 is 19.0. The Morgan fingerprint density at radius 2 is 1.52 bits per heavy atom. The first kappa shape index (κ1) is 19.4. The molecule has 1 aliphatic carbocycles.